The van der Waals surface area contributed by atoms with Gasteiger partial charge in [0.25, 0.3) is 0 Å². The molecule has 4 nitrogen and oxygen atoms in total. The number of rotatable bonds is 3. The molecule has 0 spiro atoms. The van der Waals surface area contributed by atoms with E-state index in [4.69, 9.17) is 10.5 Å². The van der Waals surface area contributed by atoms with Gasteiger partial charge in [-0.3, -0.25) is 0 Å². The summed E-state index contributed by atoms with van der Waals surface area (Å²) in [5, 5.41) is 5.79. The maximum absolute atomic E-state index is 6.12. The Morgan fingerprint density at radius 3 is 2.69 bits per heavy atom. The summed E-state index contributed by atoms with van der Waals surface area (Å²) in [6, 6.07) is 22.9. The van der Waals surface area contributed by atoms with Gasteiger partial charge in [-0.2, -0.15) is 0 Å². The van der Waals surface area contributed by atoms with Crippen LogP contribution in [0.5, 0.6) is 5.75 Å². The van der Waals surface area contributed by atoms with Crippen molar-refractivity contribution in [2.45, 2.75) is 19.0 Å². The highest BCUT2D eigenvalue weighted by molar-refractivity contribution is 14.0. The first-order valence-corrected chi connectivity index (χ1v) is 8.55. The van der Waals surface area contributed by atoms with Gasteiger partial charge in [0.1, 0.15) is 5.75 Å². The molecule has 1 aliphatic heterocycles. The molecule has 26 heavy (non-hydrogen) atoms. The van der Waals surface area contributed by atoms with E-state index in [1.54, 1.807) is 0 Å². The molecule has 3 aromatic carbocycles. The molecule has 1 unspecified atom stereocenters. The number of nitrogens with zero attached hydrogens (tertiary/aromatic N) is 1. The van der Waals surface area contributed by atoms with Crippen molar-refractivity contribution in [2.24, 2.45) is 10.7 Å². The molecule has 0 saturated carbocycles. The van der Waals surface area contributed by atoms with Crippen molar-refractivity contribution in [3.8, 4) is 5.75 Å². The minimum Gasteiger partial charge on any atom is -0.493 e. The van der Waals surface area contributed by atoms with Gasteiger partial charge in [0, 0.05) is 12.0 Å². The predicted molar refractivity (Wildman–Crippen MR) is 117 cm³/mol. The summed E-state index contributed by atoms with van der Waals surface area (Å²) in [4.78, 5) is 4.51. The highest BCUT2D eigenvalue weighted by Crippen LogP contribution is 2.31. The summed E-state index contributed by atoms with van der Waals surface area (Å²) in [7, 11) is 0. The molecule has 134 valence electrons. The molecule has 0 bridgehead atoms. The van der Waals surface area contributed by atoms with Gasteiger partial charge in [0.05, 0.1) is 19.2 Å². The van der Waals surface area contributed by atoms with Crippen LogP contribution in [0.2, 0.25) is 0 Å². The number of guanidine groups is 1. The van der Waals surface area contributed by atoms with E-state index in [-0.39, 0.29) is 30.0 Å². The quantitative estimate of drug-likeness (QED) is 0.347. The lowest BCUT2D eigenvalue weighted by molar-refractivity contribution is 0.262. The Kier molecular flexibility index (Phi) is 5.98. The Hall–Kier alpha value is -2.28. The number of fused-ring (bicyclic) bond motifs is 2. The minimum atomic E-state index is 0. The Labute approximate surface area is 170 Å². The van der Waals surface area contributed by atoms with Crippen LogP contribution in [0.25, 0.3) is 10.8 Å². The number of benzene rings is 3. The van der Waals surface area contributed by atoms with E-state index >= 15 is 0 Å². The normalized spacial score (nSPS) is 16.3. The van der Waals surface area contributed by atoms with Gasteiger partial charge >= 0.3 is 0 Å². The third-order valence-electron chi connectivity index (χ3n) is 4.53. The molecule has 1 aliphatic rings. The van der Waals surface area contributed by atoms with Crippen LogP contribution in [0.1, 0.15) is 23.6 Å². The number of hydrogen-bond acceptors (Lipinski definition) is 2. The lowest BCUT2D eigenvalue weighted by Crippen LogP contribution is -2.37. The Morgan fingerprint density at radius 2 is 1.81 bits per heavy atom. The van der Waals surface area contributed by atoms with E-state index in [1.807, 2.05) is 30.3 Å². The Bertz CT molecular complexity index is 926. The predicted octanol–water partition coefficient (Wildman–Crippen LogP) is 4.39. The fraction of sp³-hybridized carbons (Fsp3) is 0.190. The van der Waals surface area contributed by atoms with Crippen LogP contribution in [0.4, 0.5) is 0 Å². The number of aliphatic imine (C=N–C) groups is 1. The maximum Gasteiger partial charge on any atom is 0.189 e. The molecule has 0 aliphatic carbocycles. The van der Waals surface area contributed by atoms with Crippen molar-refractivity contribution in [3.63, 3.8) is 0 Å². The smallest absolute Gasteiger partial charge is 0.189 e. The van der Waals surface area contributed by atoms with Crippen LogP contribution in [0.3, 0.4) is 0 Å². The fourth-order valence-electron chi connectivity index (χ4n) is 3.23. The molecule has 1 atom stereocenters. The zero-order valence-electron chi connectivity index (χ0n) is 14.4. The topological polar surface area (TPSA) is 59.6 Å². The largest absolute Gasteiger partial charge is 0.493 e. The standard InChI is InChI=1S/C21H21N3O.HI/c22-21(24-19-11-12-25-20-8-4-3-7-18(19)20)23-14-15-9-10-16-5-1-2-6-17(16)13-15;/h1-10,13,19H,11-12,14H2,(H3,22,23,24);1H. The first-order valence-electron chi connectivity index (χ1n) is 8.55. The van der Waals surface area contributed by atoms with Crippen molar-refractivity contribution in [1.82, 2.24) is 5.32 Å². The fourth-order valence-corrected chi connectivity index (χ4v) is 3.23. The molecule has 3 aromatic rings. The van der Waals surface area contributed by atoms with E-state index in [1.165, 1.54) is 10.8 Å². The van der Waals surface area contributed by atoms with Crippen LogP contribution in [0, 0.1) is 0 Å². The molecule has 4 rings (SSSR count). The summed E-state index contributed by atoms with van der Waals surface area (Å²) in [5.41, 5.74) is 8.41. The van der Waals surface area contributed by atoms with E-state index in [9.17, 15) is 0 Å². The molecule has 0 saturated heterocycles. The SMILES string of the molecule is I.NC(=NCc1ccc2ccccc2c1)NC1CCOc2ccccc21. The molecular weight excluding hydrogens is 437 g/mol. The number of nitrogens with one attached hydrogen (secondary N) is 1. The van der Waals surface area contributed by atoms with Gasteiger partial charge in [0.2, 0.25) is 0 Å². The lowest BCUT2D eigenvalue weighted by atomic mass is 10.0. The molecule has 0 fully saturated rings. The van der Waals surface area contributed by atoms with Crippen molar-refractivity contribution in [1.29, 1.82) is 0 Å². The number of para-hydroxylation sites is 1. The highest BCUT2D eigenvalue weighted by atomic mass is 127. The molecule has 0 aromatic heterocycles. The molecule has 0 amide bonds. The summed E-state index contributed by atoms with van der Waals surface area (Å²) in [5.74, 6) is 1.39. The van der Waals surface area contributed by atoms with E-state index in [0.29, 0.717) is 19.1 Å². The number of ether oxygens (including phenoxy) is 1. The van der Waals surface area contributed by atoms with Crippen LogP contribution in [-0.2, 0) is 6.54 Å². The minimum absolute atomic E-state index is 0. The monoisotopic (exact) mass is 459 g/mol. The Balaban J connectivity index is 0.00000196. The third-order valence-corrected chi connectivity index (χ3v) is 4.53. The van der Waals surface area contributed by atoms with E-state index < -0.39 is 0 Å². The van der Waals surface area contributed by atoms with E-state index in [2.05, 4.69) is 46.7 Å². The van der Waals surface area contributed by atoms with Crippen molar-refractivity contribution >= 4 is 40.7 Å². The molecule has 3 N–H and O–H groups in total. The molecule has 0 radical (unpaired) electrons. The third kappa shape index (κ3) is 4.09. The summed E-state index contributed by atoms with van der Waals surface area (Å²) < 4.78 is 5.68. The molecular formula is C21H22IN3O. The average molecular weight is 459 g/mol. The second-order valence-electron chi connectivity index (χ2n) is 6.25. The van der Waals surface area contributed by atoms with Crippen molar-refractivity contribution in [2.75, 3.05) is 6.61 Å². The summed E-state index contributed by atoms with van der Waals surface area (Å²) in [6.45, 7) is 1.25. The van der Waals surface area contributed by atoms with Crippen molar-refractivity contribution in [3.05, 3.63) is 77.9 Å². The highest BCUT2D eigenvalue weighted by Gasteiger charge is 2.21. The first-order chi connectivity index (χ1) is 12.3. The van der Waals surface area contributed by atoms with Gasteiger partial charge in [-0.05, 0) is 28.5 Å². The number of nitrogens with two attached hydrogens (primary N) is 1. The van der Waals surface area contributed by atoms with Gasteiger partial charge in [-0.15, -0.1) is 24.0 Å². The summed E-state index contributed by atoms with van der Waals surface area (Å²) in [6.07, 6.45) is 0.878. The van der Waals surface area contributed by atoms with Crippen LogP contribution in [-0.4, -0.2) is 12.6 Å². The second-order valence-corrected chi connectivity index (χ2v) is 6.25. The zero-order chi connectivity index (χ0) is 17.1. The zero-order valence-corrected chi connectivity index (χ0v) is 16.7. The summed E-state index contributed by atoms with van der Waals surface area (Å²) >= 11 is 0. The number of halogens is 1. The maximum atomic E-state index is 6.12. The van der Waals surface area contributed by atoms with Gasteiger partial charge in [0.15, 0.2) is 5.96 Å². The van der Waals surface area contributed by atoms with Crippen LogP contribution < -0.4 is 15.8 Å². The second kappa shape index (κ2) is 8.40. The van der Waals surface area contributed by atoms with Crippen LogP contribution in [0.15, 0.2) is 71.7 Å². The van der Waals surface area contributed by atoms with Gasteiger partial charge in [-0.1, -0.05) is 54.6 Å². The Morgan fingerprint density at radius 1 is 1.04 bits per heavy atom. The molecule has 5 heteroatoms. The lowest BCUT2D eigenvalue weighted by Gasteiger charge is -2.26. The van der Waals surface area contributed by atoms with Crippen LogP contribution >= 0.6 is 24.0 Å². The number of hydrogen-bond donors (Lipinski definition) is 2. The first kappa shape index (κ1) is 18.5. The van der Waals surface area contributed by atoms with E-state index in [0.717, 1.165) is 23.3 Å². The molecule has 1 heterocycles. The van der Waals surface area contributed by atoms with Crippen molar-refractivity contribution < 1.29 is 4.74 Å². The van der Waals surface area contributed by atoms with Gasteiger partial charge < -0.3 is 15.8 Å². The average Bonchev–Trinajstić information content (AvgIpc) is 2.66. The van der Waals surface area contributed by atoms with Gasteiger partial charge in [-0.25, -0.2) is 4.99 Å².